The molecule has 0 bridgehead atoms. The molecule has 0 saturated heterocycles. The van der Waals surface area contributed by atoms with Crippen molar-refractivity contribution < 1.29 is 20.1 Å². The van der Waals surface area contributed by atoms with E-state index >= 15 is 0 Å². The summed E-state index contributed by atoms with van der Waals surface area (Å²) >= 11 is 0. The van der Waals surface area contributed by atoms with Crippen LogP contribution in [0.4, 0.5) is 0 Å². The Labute approximate surface area is 125 Å². The summed E-state index contributed by atoms with van der Waals surface area (Å²) in [6.45, 7) is 1.96. The predicted octanol–water partition coefficient (Wildman–Crippen LogP) is 3.24. The van der Waals surface area contributed by atoms with E-state index in [9.17, 15) is 0 Å². The summed E-state index contributed by atoms with van der Waals surface area (Å²) < 4.78 is 2.06. The fourth-order valence-electron chi connectivity index (χ4n) is 2.02. The molecule has 0 saturated carbocycles. The third kappa shape index (κ3) is 2.65. The van der Waals surface area contributed by atoms with Crippen LogP contribution in [0.1, 0.15) is 5.82 Å². The first-order valence-electron chi connectivity index (χ1n) is 5.89. The Morgan fingerprint density at radius 3 is 2.00 bits per heavy atom. The van der Waals surface area contributed by atoms with Crippen molar-refractivity contribution in [3.63, 3.8) is 0 Å². The minimum absolute atomic E-state index is 0. The Morgan fingerprint density at radius 1 is 0.789 bits per heavy atom. The average molecular weight is 428 g/mol. The maximum atomic E-state index is 4.28. The van der Waals surface area contributed by atoms with Crippen molar-refractivity contribution in [2.45, 2.75) is 6.92 Å². The molecule has 0 radical (unpaired) electrons. The zero-order valence-electron chi connectivity index (χ0n) is 10.4. The van der Waals surface area contributed by atoms with Gasteiger partial charge in [-0.3, -0.25) is 4.57 Å². The topological polar surface area (TPSA) is 30.7 Å². The second-order valence-corrected chi connectivity index (χ2v) is 4.11. The van der Waals surface area contributed by atoms with Crippen LogP contribution in [-0.2, 0) is 20.1 Å². The summed E-state index contributed by atoms with van der Waals surface area (Å²) in [4.78, 5) is 0. The van der Waals surface area contributed by atoms with Crippen LogP contribution >= 0.6 is 0 Å². The fourth-order valence-corrected chi connectivity index (χ4v) is 2.02. The third-order valence-corrected chi connectivity index (χ3v) is 2.87. The van der Waals surface area contributed by atoms with E-state index < -0.39 is 0 Å². The van der Waals surface area contributed by atoms with Gasteiger partial charge in [0.05, 0.1) is 0 Å². The first-order valence-corrected chi connectivity index (χ1v) is 5.89. The number of aromatic nitrogens is 3. The molecule has 0 atom stereocenters. The van der Waals surface area contributed by atoms with Gasteiger partial charge in [0.25, 0.3) is 0 Å². The molecule has 0 aliphatic heterocycles. The second-order valence-electron chi connectivity index (χ2n) is 4.11. The van der Waals surface area contributed by atoms with Gasteiger partial charge < -0.3 is 0 Å². The van der Waals surface area contributed by atoms with E-state index in [0.29, 0.717) is 0 Å². The van der Waals surface area contributed by atoms with E-state index in [4.69, 9.17) is 0 Å². The smallest absolute Gasteiger partial charge is 0.279 e. The van der Waals surface area contributed by atoms with E-state index in [1.165, 1.54) is 0 Å². The van der Waals surface area contributed by atoms with Crippen molar-refractivity contribution in [2.75, 3.05) is 0 Å². The van der Waals surface area contributed by atoms with Crippen LogP contribution < -0.4 is 0 Å². The van der Waals surface area contributed by atoms with Gasteiger partial charge in [-0.2, -0.15) is 0 Å². The Balaban J connectivity index is 0.00000133. The van der Waals surface area contributed by atoms with Crippen LogP contribution in [0.5, 0.6) is 0 Å². The molecule has 0 amide bonds. The summed E-state index contributed by atoms with van der Waals surface area (Å²) in [5, 5.41) is 8.46. The molecule has 19 heavy (non-hydrogen) atoms. The molecule has 0 N–H and O–H groups in total. The van der Waals surface area contributed by atoms with E-state index in [1.54, 1.807) is 0 Å². The number of aryl methyl sites for hydroxylation is 1. The van der Waals surface area contributed by atoms with E-state index in [-0.39, 0.29) is 20.1 Å². The van der Waals surface area contributed by atoms with Crippen molar-refractivity contribution in [3.8, 4) is 17.1 Å². The van der Waals surface area contributed by atoms with Crippen LogP contribution in [0.2, 0.25) is 0 Å². The van der Waals surface area contributed by atoms with E-state index in [2.05, 4.69) is 26.9 Å². The molecule has 3 nitrogen and oxygen atoms in total. The van der Waals surface area contributed by atoms with Gasteiger partial charge in [0.15, 0.2) is 5.82 Å². The van der Waals surface area contributed by atoms with Gasteiger partial charge in [-0.25, -0.2) is 0 Å². The number of hydrogen-bond acceptors (Lipinski definition) is 2. The maximum absolute atomic E-state index is 4.28. The number of nitrogens with zero attached hydrogens (tertiary/aromatic N) is 3. The van der Waals surface area contributed by atoms with Crippen molar-refractivity contribution in [2.24, 2.45) is 0 Å². The molecule has 2 aromatic carbocycles. The summed E-state index contributed by atoms with van der Waals surface area (Å²) in [5.74, 6) is 1.76. The molecule has 0 aliphatic carbocycles. The predicted molar refractivity (Wildman–Crippen MR) is 71.5 cm³/mol. The minimum Gasteiger partial charge on any atom is -0.279 e. The van der Waals surface area contributed by atoms with Crippen LogP contribution in [-0.4, -0.2) is 14.8 Å². The molecule has 94 valence electrons. The third-order valence-electron chi connectivity index (χ3n) is 2.87. The molecule has 3 rings (SSSR count). The SMILES string of the molecule is Cc1nnc(-c2ccccc2)n1-c1ccccc1.[Ir+3]. The van der Waals surface area contributed by atoms with Crippen LogP contribution in [0.15, 0.2) is 60.7 Å². The molecule has 3 aromatic rings. The quantitative estimate of drug-likeness (QED) is 0.629. The number of para-hydroxylation sites is 1. The number of benzene rings is 2. The first kappa shape index (κ1) is 13.7. The van der Waals surface area contributed by atoms with E-state index in [1.807, 2.05) is 55.5 Å². The van der Waals surface area contributed by atoms with Crippen LogP contribution in [0.25, 0.3) is 17.1 Å². The van der Waals surface area contributed by atoms with Gasteiger partial charge in [-0.05, 0) is 19.1 Å². The van der Waals surface area contributed by atoms with Crippen LogP contribution in [0.3, 0.4) is 0 Å². The average Bonchev–Trinajstić information content (AvgIpc) is 2.83. The molecule has 1 aromatic heterocycles. The zero-order chi connectivity index (χ0) is 12.4. The summed E-state index contributed by atoms with van der Waals surface area (Å²) in [6, 6.07) is 20.3. The van der Waals surface area contributed by atoms with Gasteiger partial charge in [0, 0.05) is 11.3 Å². The maximum Gasteiger partial charge on any atom is 3.00 e. The van der Waals surface area contributed by atoms with Crippen molar-refractivity contribution >= 4 is 0 Å². The molecule has 0 fully saturated rings. The number of rotatable bonds is 2. The molecule has 0 spiro atoms. The number of hydrogen-bond donors (Lipinski definition) is 0. The Morgan fingerprint density at radius 2 is 1.37 bits per heavy atom. The summed E-state index contributed by atoms with van der Waals surface area (Å²) in [5.41, 5.74) is 2.15. The molecule has 4 heteroatoms. The molecule has 0 unspecified atom stereocenters. The van der Waals surface area contributed by atoms with E-state index in [0.717, 1.165) is 22.9 Å². The molecule has 1 heterocycles. The second kappa shape index (κ2) is 5.91. The van der Waals surface area contributed by atoms with Gasteiger partial charge in [-0.15, -0.1) is 10.2 Å². The van der Waals surface area contributed by atoms with Crippen molar-refractivity contribution in [1.29, 1.82) is 0 Å². The zero-order valence-corrected chi connectivity index (χ0v) is 12.8. The Kier molecular flexibility index (Phi) is 4.25. The Hall–Kier alpha value is -1.77. The first-order chi connectivity index (χ1) is 8.86. The van der Waals surface area contributed by atoms with Crippen LogP contribution in [0, 0.1) is 6.92 Å². The Bertz CT molecular complexity index is 648. The summed E-state index contributed by atoms with van der Waals surface area (Å²) in [7, 11) is 0. The van der Waals surface area contributed by atoms with Gasteiger partial charge in [0.1, 0.15) is 5.82 Å². The molecular weight excluding hydrogens is 414 g/mol. The molecular formula is C15H13IrN3+3. The minimum atomic E-state index is 0. The largest absolute Gasteiger partial charge is 3.00 e. The normalized spacial score (nSPS) is 9.95. The fraction of sp³-hybridized carbons (Fsp3) is 0.0667. The molecule has 0 aliphatic rings. The standard InChI is InChI=1S/C15H13N3.Ir/c1-12-16-17-15(13-8-4-2-5-9-13)18(12)14-10-6-3-7-11-14;/h2-11H,1H3;/q;+3. The van der Waals surface area contributed by atoms with Gasteiger partial charge in [0.2, 0.25) is 0 Å². The van der Waals surface area contributed by atoms with Crippen molar-refractivity contribution in [1.82, 2.24) is 14.8 Å². The van der Waals surface area contributed by atoms with Gasteiger partial charge in [-0.1, -0.05) is 48.5 Å². The van der Waals surface area contributed by atoms with Crippen molar-refractivity contribution in [3.05, 3.63) is 66.5 Å². The monoisotopic (exact) mass is 428 g/mol. The van der Waals surface area contributed by atoms with Gasteiger partial charge >= 0.3 is 20.1 Å². The summed E-state index contributed by atoms with van der Waals surface area (Å²) in [6.07, 6.45) is 0.